The average molecular weight is 340 g/mol. The molecule has 0 bridgehead atoms. The summed E-state index contributed by atoms with van der Waals surface area (Å²) in [7, 11) is 0. The number of ether oxygens (including phenoxy) is 1. The van der Waals surface area contributed by atoms with Crippen molar-refractivity contribution in [1.29, 1.82) is 0 Å². The van der Waals surface area contributed by atoms with Gasteiger partial charge >= 0.3 is 17.8 Å². The molecule has 0 saturated carbocycles. The Hall–Kier alpha value is -1.67. The summed E-state index contributed by atoms with van der Waals surface area (Å²) >= 11 is 0. The highest BCUT2D eigenvalue weighted by Gasteiger charge is 2.33. The molecule has 8 nitrogen and oxygen atoms in total. The quantitative estimate of drug-likeness (QED) is 0.515. The third kappa shape index (κ3) is 4.67. The Labute approximate surface area is 142 Å². The largest absolute Gasteiger partial charge is 0.466 e. The molecular formula is C16H28N4O4. The Kier molecular flexibility index (Phi) is 6.99. The molecule has 0 aromatic heterocycles. The number of amides is 2. The van der Waals surface area contributed by atoms with Crippen LogP contribution in [0.25, 0.3) is 0 Å². The van der Waals surface area contributed by atoms with Crippen molar-refractivity contribution in [2.24, 2.45) is 11.7 Å². The zero-order valence-electron chi connectivity index (χ0n) is 14.4. The molecule has 136 valence electrons. The summed E-state index contributed by atoms with van der Waals surface area (Å²) < 4.78 is 5.02. The van der Waals surface area contributed by atoms with Gasteiger partial charge in [-0.1, -0.05) is 0 Å². The molecule has 2 rings (SSSR count). The molecule has 0 unspecified atom stereocenters. The Morgan fingerprint density at radius 3 is 2.00 bits per heavy atom. The van der Waals surface area contributed by atoms with E-state index in [1.165, 1.54) is 0 Å². The molecule has 24 heavy (non-hydrogen) atoms. The summed E-state index contributed by atoms with van der Waals surface area (Å²) in [6.07, 6.45) is 1.12. The van der Waals surface area contributed by atoms with Gasteiger partial charge in [-0.05, 0) is 19.8 Å². The predicted molar refractivity (Wildman–Crippen MR) is 88.0 cm³/mol. The van der Waals surface area contributed by atoms with Gasteiger partial charge in [0.15, 0.2) is 0 Å². The first-order valence-electron chi connectivity index (χ1n) is 8.74. The van der Waals surface area contributed by atoms with Crippen LogP contribution < -0.4 is 5.73 Å². The lowest BCUT2D eigenvalue weighted by Gasteiger charge is -2.36. The van der Waals surface area contributed by atoms with Gasteiger partial charge in [-0.2, -0.15) is 0 Å². The highest BCUT2D eigenvalue weighted by molar-refractivity contribution is 6.34. The van der Waals surface area contributed by atoms with E-state index in [4.69, 9.17) is 10.5 Å². The summed E-state index contributed by atoms with van der Waals surface area (Å²) in [6.45, 7) is 7.05. The average Bonchev–Trinajstić information content (AvgIpc) is 2.62. The lowest BCUT2D eigenvalue weighted by atomic mass is 9.97. The molecule has 0 aromatic carbocycles. The maximum absolute atomic E-state index is 12.4. The van der Waals surface area contributed by atoms with Crippen LogP contribution in [-0.4, -0.2) is 91.4 Å². The van der Waals surface area contributed by atoms with E-state index in [1.54, 1.807) is 16.7 Å². The number of rotatable bonds is 4. The van der Waals surface area contributed by atoms with Crippen molar-refractivity contribution in [3.05, 3.63) is 0 Å². The van der Waals surface area contributed by atoms with Gasteiger partial charge in [0, 0.05) is 52.4 Å². The summed E-state index contributed by atoms with van der Waals surface area (Å²) in [5.41, 5.74) is 5.54. The van der Waals surface area contributed by atoms with Crippen LogP contribution >= 0.6 is 0 Å². The number of piperazine rings is 1. The number of hydrogen-bond donors (Lipinski definition) is 1. The number of esters is 1. The number of carbonyl (C=O) groups is 3. The number of hydrogen-bond acceptors (Lipinski definition) is 6. The van der Waals surface area contributed by atoms with Gasteiger partial charge in [0.2, 0.25) is 0 Å². The molecule has 2 amide bonds. The third-order valence-electron chi connectivity index (χ3n) is 4.69. The minimum absolute atomic E-state index is 0.163. The lowest BCUT2D eigenvalue weighted by Crippen LogP contribution is -2.54. The summed E-state index contributed by atoms with van der Waals surface area (Å²) in [5.74, 6) is -1.25. The number of carbonyl (C=O) groups excluding carboxylic acids is 3. The van der Waals surface area contributed by atoms with E-state index in [2.05, 4.69) is 4.90 Å². The molecule has 2 fully saturated rings. The highest BCUT2D eigenvalue weighted by atomic mass is 16.5. The van der Waals surface area contributed by atoms with Gasteiger partial charge in [0.05, 0.1) is 12.5 Å². The number of nitrogens with two attached hydrogens (primary N) is 1. The van der Waals surface area contributed by atoms with Crippen LogP contribution in [0.2, 0.25) is 0 Å². The van der Waals surface area contributed by atoms with Crippen LogP contribution in [0, 0.1) is 5.92 Å². The maximum atomic E-state index is 12.4. The standard InChI is InChI=1S/C16H28N4O4/c1-2-24-16(23)13-3-6-19(7-4-13)14(21)15(22)20-11-9-18(8-5-17)10-12-20/h13H,2-12,17H2,1H3. The molecule has 0 atom stereocenters. The van der Waals surface area contributed by atoms with Crippen molar-refractivity contribution in [1.82, 2.24) is 14.7 Å². The minimum atomic E-state index is -0.454. The third-order valence-corrected chi connectivity index (χ3v) is 4.69. The fourth-order valence-corrected chi connectivity index (χ4v) is 3.21. The first-order chi connectivity index (χ1) is 11.6. The zero-order valence-corrected chi connectivity index (χ0v) is 14.4. The van der Waals surface area contributed by atoms with E-state index in [9.17, 15) is 14.4 Å². The maximum Gasteiger partial charge on any atom is 0.312 e. The van der Waals surface area contributed by atoms with Crippen LogP contribution in [-0.2, 0) is 19.1 Å². The summed E-state index contributed by atoms with van der Waals surface area (Å²) in [4.78, 5) is 41.9. The second-order valence-corrected chi connectivity index (χ2v) is 6.24. The zero-order chi connectivity index (χ0) is 17.5. The molecule has 0 spiro atoms. The first-order valence-corrected chi connectivity index (χ1v) is 8.74. The van der Waals surface area contributed by atoms with E-state index < -0.39 is 11.8 Å². The van der Waals surface area contributed by atoms with E-state index in [-0.39, 0.29) is 11.9 Å². The second-order valence-electron chi connectivity index (χ2n) is 6.24. The summed E-state index contributed by atoms with van der Waals surface area (Å²) in [6, 6.07) is 0. The van der Waals surface area contributed by atoms with Gasteiger partial charge < -0.3 is 20.3 Å². The van der Waals surface area contributed by atoms with Gasteiger partial charge in [-0.15, -0.1) is 0 Å². The molecule has 2 saturated heterocycles. The Bertz CT molecular complexity index is 455. The van der Waals surface area contributed by atoms with Crippen molar-refractivity contribution in [2.45, 2.75) is 19.8 Å². The van der Waals surface area contributed by atoms with Gasteiger partial charge in [0.1, 0.15) is 0 Å². The predicted octanol–water partition coefficient (Wildman–Crippen LogP) is -1.11. The van der Waals surface area contributed by atoms with Gasteiger partial charge in [-0.25, -0.2) is 0 Å². The molecule has 2 heterocycles. The SMILES string of the molecule is CCOC(=O)C1CCN(C(=O)C(=O)N2CCN(CCN)CC2)CC1. The lowest BCUT2D eigenvalue weighted by molar-refractivity contribution is -0.156. The number of piperidine rings is 1. The molecule has 0 radical (unpaired) electrons. The van der Waals surface area contributed by atoms with E-state index in [0.717, 1.165) is 19.6 Å². The van der Waals surface area contributed by atoms with Gasteiger partial charge in [0.25, 0.3) is 0 Å². The monoisotopic (exact) mass is 340 g/mol. The first kappa shape index (κ1) is 18.7. The fraction of sp³-hybridized carbons (Fsp3) is 0.812. The van der Waals surface area contributed by atoms with Crippen LogP contribution in [0.15, 0.2) is 0 Å². The van der Waals surface area contributed by atoms with Crippen molar-refractivity contribution in [2.75, 3.05) is 59.0 Å². The molecule has 0 aromatic rings. The van der Waals surface area contributed by atoms with Crippen LogP contribution in [0.1, 0.15) is 19.8 Å². The van der Waals surface area contributed by atoms with E-state index in [0.29, 0.717) is 52.2 Å². The van der Waals surface area contributed by atoms with E-state index in [1.807, 2.05) is 0 Å². The van der Waals surface area contributed by atoms with Crippen LogP contribution in [0.5, 0.6) is 0 Å². The summed E-state index contributed by atoms with van der Waals surface area (Å²) in [5, 5.41) is 0. The number of likely N-dealkylation sites (tertiary alicyclic amines) is 1. The van der Waals surface area contributed by atoms with E-state index >= 15 is 0 Å². The Balaban J connectivity index is 1.78. The smallest absolute Gasteiger partial charge is 0.312 e. The second kappa shape index (κ2) is 8.98. The van der Waals surface area contributed by atoms with Crippen LogP contribution in [0.3, 0.4) is 0 Å². The van der Waals surface area contributed by atoms with Crippen molar-refractivity contribution < 1.29 is 19.1 Å². The molecule has 2 aliphatic heterocycles. The molecule has 2 aliphatic rings. The van der Waals surface area contributed by atoms with Crippen molar-refractivity contribution in [3.63, 3.8) is 0 Å². The Morgan fingerprint density at radius 1 is 0.958 bits per heavy atom. The molecule has 2 N–H and O–H groups in total. The highest BCUT2D eigenvalue weighted by Crippen LogP contribution is 2.19. The fourth-order valence-electron chi connectivity index (χ4n) is 3.21. The number of nitrogens with zero attached hydrogens (tertiary/aromatic N) is 3. The topological polar surface area (TPSA) is 96.2 Å². The minimum Gasteiger partial charge on any atom is -0.466 e. The molecular weight excluding hydrogens is 312 g/mol. The van der Waals surface area contributed by atoms with Crippen molar-refractivity contribution >= 4 is 17.8 Å². The normalized spacial score (nSPS) is 20.1. The Morgan fingerprint density at radius 2 is 1.50 bits per heavy atom. The van der Waals surface area contributed by atoms with Crippen molar-refractivity contribution in [3.8, 4) is 0 Å². The van der Waals surface area contributed by atoms with Crippen LogP contribution in [0.4, 0.5) is 0 Å². The molecule has 0 aliphatic carbocycles. The molecule has 8 heteroatoms. The van der Waals surface area contributed by atoms with Gasteiger partial charge in [-0.3, -0.25) is 19.3 Å².